The van der Waals surface area contributed by atoms with E-state index in [9.17, 15) is 18.3 Å². The van der Waals surface area contributed by atoms with Crippen LogP contribution in [0.3, 0.4) is 0 Å². The number of halogens is 3. The number of rotatable bonds is 3. The Hall–Kier alpha value is -1.03. The Morgan fingerprint density at radius 2 is 2.07 bits per heavy atom. The zero-order valence-corrected chi connectivity index (χ0v) is 7.67. The molecule has 0 saturated carbocycles. The van der Waals surface area contributed by atoms with E-state index < -0.39 is 17.8 Å². The Kier molecular flexibility index (Phi) is 3.16. The van der Waals surface area contributed by atoms with Crippen molar-refractivity contribution in [3.63, 3.8) is 0 Å². The third-order valence-electron chi connectivity index (χ3n) is 2.22. The van der Waals surface area contributed by atoms with Gasteiger partial charge in [0, 0.05) is 0 Å². The molecule has 0 radical (unpaired) electrons. The van der Waals surface area contributed by atoms with Gasteiger partial charge in [-0.2, -0.15) is 0 Å². The summed E-state index contributed by atoms with van der Waals surface area (Å²) in [7, 11) is 0. The minimum absolute atomic E-state index is 0.0880. The van der Waals surface area contributed by atoms with Gasteiger partial charge in [-0.1, -0.05) is 19.1 Å². The molecule has 1 unspecified atom stereocenters. The molecule has 4 heteroatoms. The molecule has 78 valence electrons. The molecule has 0 aliphatic heterocycles. The molecule has 1 rings (SSSR count). The lowest BCUT2D eigenvalue weighted by Crippen LogP contribution is -2.33. The summed E-state index contributed by atoms with van der Waals surface area (Å²) >= 11 is 0. The molecule has 0 bridgehead atoms. The quantitative estimate of drug-likeness (QED) is 0.802. The van der Waals surface area contributed by atoms with E-state index in [0.29, 0.717) is 0 Å². The smallest absolute Gasteiger partial charge is 0.270 e. The van der Waals surface area contributed by atoms with Gasteiger partial charge in [0.05, 0.1) is 0 Å². The van der Waals surface area contributed by atoms with Gasteiger partial charge in [0.1, 0.15) is 11.4 Å². The van der Waals surface area contributed by atoms with Crippen molar-refractivity contribution in [3.8, 4) is 0 Å². The molecule has 0 aromatic heterocycles. The lowest BCUT2D eigenvalue weighted by atomic mass is 9.91. The van der Waals surface area contributed by atoms with Gasteiger partial charge in [-0.05, 0) is 24.1 Å². The molecule has 0 aliphatic rings. The van der Waals surface area contributed by atoms with Crippen LogP contribution in [-0.2, 0) is 5.60 Å². The number of hydrogen-bond donors (Lipinski definition) is 1. The average Bonchev–Trinajstić information content (AvgIpc) is 2.16. The van der Waals surface area contributed by atoms with Gasteiger partial charge in [0.25, 0.3) is 6.43 Å². The first-order valence-corrected chi connectivity index (χ1v) is 4.27. The predicted octanol–water partition coefficient (Wildman–Crippen LogP) is 2.69. The largest absolute Gasteiger partial charge is 0.379 e. The fourth-order valence-corrected chi connectivity index (χ4v) is 1.24. The summed E-state index contributed by atoms with van der Waals surface area (Å²) in [6.45, 7) is 1.43. The van der Waals surface area contributed by atoms with Crippen LogP contribution in [0, 0.1) is 5.82 Å². The number of alkyl halides is 2. The zero-order chi connectivity index (χ0) is 10.8. The second kappa shape index (κ2) is 4.00. The summed E-state index contributed by atoms with van der Waals surface area (Å²) in [6.07, 6.45) is -3.08. The van der Waals surface area contributed by atoms with Crippen molar-refractivity contribution in [1.29, 1.82) is 0 Å². The first-order valence-electron chi connectivity index (χ1n) is 4.27. The van der Waals surface area contributed by atoms with E-state index in [1.165, 1.54) is 19.1 Å². The molecule has 0 spiro atoms. The van der Waals surface area contributed by atoms with Crippen LogP contribution < -0.4 is 0 Å². The zero-order valence-electron chi connectivity index (χ0n) is 7.67. The first kappa shape index (κ1) is 11.0. The third kappa shape index (κ3) is 1.90. The van der Waals surface area contributed by atoms with Crippen LogP contribution in [0.25, 0.3) is 0 Å². The van der Waals surface area contributed by atoms with Crippen molar-refractivity contribution in [1.82, 2.24) is 0 Å². The van der Waals surface area contributed by atoms with Crippen molar-refractivity contribution in [2.45, 2.75) is 25.4 Å². The van der Waals surface area contributed by atoms with Crippen LogP contribution in [0.4, 0.5) is 13.2 Å². The Labute approximate surface area is 80.2 Å². The molecule has 0 amide bonds. The van der Waals surface area contributed by atoms with Crippen molar-refractivity contribution < 1.29 is 18.3 Å². The van der Waals surface area contributed by atoms with Crippen LogP contribution in [0.2, 0.25) is 0 Å². The van der Waals surface area contributed by atoms with Crippen molar-refractivity contribution >= 4 is 0 Å². The van der Waals surface area contributed by atoms with Gasteiger partial charge < -0.3 is 5.11 Å². The number of aliphatic hydroxyl groups is 1. The van der Waals surface area contributed by atoms with E-state index in [-0.39, 0.29) is 12.0 Å². The highest BCUT2D eigenvalue weighted by Crippen LogP contribution is 2.31. The standard InChI is InChI=1S/C10H11F3O/c1-2-10(14,9(12)13)7-4-3-5-8(11)6-7/h3-6,9,14H,2H2,1H3. The second-order valence-electron chi connectivity index (χ2n) is 3.09. The fraction of sp³-hybridized carbons (Fsp3) is 0.400. The summed E-state index contributed by atoms with van der Waals surface area (Å²) < 4.78 is 37.8. The highest BCUT2D eigenvalue weighted by Gasteiger charge is 2.37. The summed E-state index contributed by atoms with van der Waals surface area (Å²) in [5, 5.41) is 9.58. The molecule has 1 atom stereocenters. The topological polar surface area (TPSA) is 20.2 Å². The van der Waals surface area contributed by atoms with Crippen molar-refractivity contribution in [3.05, 3.63) is 35.6 Å². The van der Waals surface area contributed by atoms with E-state index in [0.717, 1.165) is 12.1 Å². The van der Waals surface area contributed by atoms with Gasteiger partial charge in [-0.3, -0.25) is 0 Å². The van der Waals surface area contributed by atoms with Crippen LogP contribution in [-0.4, -0.2) is 11.5 Å². The average molecular weight is 204 g/mol. The molecular weight excluding hydrogens is 193 g/mol. The number of hydrogen-bond acceptors (Lipinski definition) is 1. The van der Waals surface area contributed by atoms with Gasteiger partial charge in [-0.15, -0.1) is 0 Å². The lowest BCUT2D eigenvalue weighted by molar-refractivity contribution is -0.104. The Morgan fingerprint density at radius 1 is 1.43 bits per heavy atom. The molecule has 14 heavy (non-hydrogen) atoms. The summed E-state index contributed by atoms with van der Waals surface area (Å²) in [5.41, 5.74) is -2.34. The van der Waals surface area contributed by atoms with E-state index in [1.54, 1.807) is 0 Å². The SMILES string of the molecule is CCC(O)(c1cccc(F)c1)C(F)F. The molecule has 0 saturated heterocycles. The van der Waals surface area contributed by atoms with Crippen LogP contribution in [0.15, 0.2) is 24.3 Å². The number of benzene rings is 1. The summed E-state index contributed by atoms with van der Waals surface area (Å²) in [5.74, 6) is -0.630. The summed E-state index contributed by atoms with van der Waals surface area (Å²) in [6, 6.07) is 4.66. The van der Waals surface area contributed by atoms with Crippen LogP contribution >= 0.6 is 0 Å². The maximum atomic E-state index is 12.7. The maximum absolute atomic E-state index is 12.7. The van der Waals surface area contributed by atoms with Crippen molar-refractivity contribution in [2.75, 3.05) is 0 Å². The first-order chi connectivity index (χ1) is 6.50. The van der Waals surface area contributed by atoms with Gasteiger partial charge in [0.15, 0.2) is 0 Å². The molecule has 1 N–H and O–H groups in total. The Balaban J connectivity index is 3.12. The Morgan fingerprint density at radius 3 is 2.50 bits per heavy atom. The predicted molar refractivity (Wildman–Crippen MR) is 46.6 cm³/mol. The van der Waals surface area contributed by atoms with Gasteiger partial charge in [0.2, 0.25) is 0 Å². The fourth-order valence-electron chi connectivity index (χ4n) is 1.24. The Bertz CT molecular complexity index is 314. The molecular formula is C10H11F3O. The molecule has 0 heterocycles. The molecule has 1 aromatic carbocycles. The summed E-state index contributed by atoms with van der Waals surface area (Å²) in [4.78, 5) is 0. The second-order valence-corrected chi connectivity index (χ2v) is 3.09. The van der Waals surface area contributed by atoms with E-state index in [4.69, 9.17) is 0 Å². The normalized spacial score (nSPS) is 15.6. The highest BCUT2D eigenvalue weighted by atomic mass is 19.3. The third-order valence-corrected chi connectivity index (χ3v) is 2.22. The van der Waals surface area contributed by atoms with Crippen LogP contribution in [0.1, 0.15) is 18.9 Å². The minimum atomic E-state index is -2.92. The lowest BCUT2D eigenvalue weighted by Gasteiger charge is -2.26. The van der Waals surface area contributed by atoms with E-state index in [1.807, 2.05) is 0 Å². The molecule has 0 fully saturated rings. The molecule has 1 aromatic rings. The minimum Gasteiger partial charge on any atom is -0.379 e. The van der Waals surface area contributed by atoms with E-state index >= 15 is 0 Å². The maximum Gasteiger partial charge on any atom is 0.270 e. The van der Waals surface area contributed by atoms with Gasteiger partial charge in [-0.25, -0.2) is 13.2 Å². The highest BCUT2D eigenvalue weighted by molar-refractivity contribution is 5.23. The van der Waals surface area contributed by atoms with Crippen LogP contribution in [0.5, 0.6) is 0 Å². The van der Waals surface area contributed by atoms with E-state index in [2.05, 4.69) is 0 Å². The van der Waals surface area contributed by atoms with Gasteiger partial charge >= 0.3 is 0 Å². The monoisotopic (exact) mass is 204 g/mol. The molecule has 1 nitrogen and oxygen atoms in total. The molecule has 0 aliphatic carbocycles. The van der Waals surface area contributed by atoms with Crippen molar-refractivity contribution in [2.24, 2.45) is 0 Å².